The molecule has 0 N–H and O–H groups in total. The molecule has 2 aliphatic carbocycles. The molecule has 2 unspecified atom stereocenters. The highest BCUT2D eigenvalue weighted by atomic mass is 16.6. The normalized spacial score (nSPS) is 34.8. The van der Waals surface area contributed by atoms with E-state index in [-0.39, 0.29) is 11.6 Å². The van der Waals surface area contributed by atoms with Gasteiger partial charge in [-0.1, -0.05) is 39.0 Å². The fourth-order valence-corrected chi connectivity index (χ4v) is 4.20. The standard InChI is InChI=1S/C15H26O2/c1-3-15(17-12(2)16)11-7-10-14(15)13-8-5-4-6-9-13/h13-14H,3-11H2,1-2H3. The second-order valence-corrected chi connectivity index (χ2v) is 5.91. The van der Waals surface area contributed by atoms with Crippen LogP contribution in [0, 0.1) is 11.8 Å². The zero-order valence-corrected chi connectivity index (χ0v) is 11.3. The molecule has 0 radical (unpaired) electrons. The highest BCUT2D eigenvalue weighted by molar-refractivity contribution is 5.66. The van der Waals surface area contributed by atoms with Crippen molar-refractivity contribution in [2.45, 2.75) is 77.2 Å². The van der Waals surface area contributed by atoms with Crippen molar-refractivity contribution in [2.75, 3.05) is 0 Å². The summed E-state index contributed by atoms with van der Waals surface area (Å²) >= 11 is 0. The minimum absolute atomic E-state index is 0.0884. The average Bonchev–Trinajstić information content (AvgIpc) is 2.73. The van der Waals surface area contributed by atoms with Gasteiger partial charge in [-0.25, -0.2) is 0 Å². The van der Waals surface area contributed by atoms with E-state index in [1.165, 1.54) is 44.9 Å². The third kappa shape index (κ3) is 2.66. The first-order chi connectivity index (χ1) is 8.18. The van der Waals surface area contributed by atoms with Gasteiger partial charge in [-0.15, -0.1) is 0 Å². The Kier molecular flexibility index (Phi) is 4.11. The molecule has 0 aromatic rings. The molecule has 2 atom stereocenters. The fraction of sp³-hybridized carbons (Fsp3) is 0.933. The maximum atomic E-state index is 11.4. The van der Waals surface area contributed by atoms with Crippen molar-refractivity contribution in [3.05, 3.63) is 0 Å². The molecule has 0 spiro atoms. The molecule has 0 saturated heterocycles. The largest absolute Gasteiger partial charge is 0.459 e. The summed E-state index contributed by atoms with van der Waals surface area (Å²) in [5.41, 5.74) is -0.117. The van der Waals surface area contributed by atoms with Gasteiger partial charge in [0.25, 0.3) is 0 Å². The molecule has 0 bridgehead atoms. The molecule has 0 aliphatic heterocycles. The highest BCUT2D eigenvalue weighted by Gasteiger charge is 2.47. The van der Waals surface area contributed by atoms with Crippen molar-refractivity contribution < 1.29 is 9.53 Å². The molecule has 2 aliphatic rings. The molecule has 2 heteroatoms. The van der Waals surface area contributed by atoms with Gasteiger partial charge in [-0.3, -0.25) is 4.79 Å². The van der Waals surface area contributed by atoms with Crippen molar-refractivity contribution in [3.8, 4) is 0 Å². The Morgan fingerprint density at radius 3 is 2.47 bits per heavy atom. The summed E-state index contributed by atoms with van der Waals surface area (Å²) in [6.45, 7) is 3.75. The van der Waals surface area contributed by atoms with Crippen LogP contribution in [-0.4, -0.2) is 11.6 Å². The van der Waals surface area contributed by atoms with E-state index in [1.807, 2.05) is 0 Å². The lowest BCUT2D eigenvalue weighted by atomic mass is 9.72. The summed E-state index contributed by atoms with van der Waals surface area (Å²) in [5.74, 6) is 1.36. The fourth-order valence-electron chi connectivity index (χ4n) is 4.20. The molecule has 0 aromatic carbocycles. The number of ether oxygens (including phenoxy) is 1. The maximum absolute atomic E-state index is 11.4. The van der Waals surface area contributed by atoms with Crippen LogP contribution in [0.25, 0.3) is 0 Å². The van der Waals surface area contributed by atoms with Crippen LogP contribution in [0.3, 0.4) is 0 Å². The van der Waals surface area contributed by atoms with E-state index < -0.39 is 0 Å². The van der Waals surface area contributed by atoms with Gasteiger partial charge in [0, 0.05) is 12.8 Å². The van der Waals surface area contributed by atoms with Gasteiger partial charge in [-0.05, 0) is 31.6 Å². The molecular formula is C15H26O2. The summed E-state index contributed by atoms with van der Waals surface area (Å²) in [7, 11) is 0. The van der Waals surface area contributed by atoms with Crippen LogP contribution >= 0.6 is 0 Å². The van der Waals surface area contributed by atoms with Crippen molar-refractivity contribution >= 4 is 5.97 Å². The van der Waals surface area contributed by atoms with Crippen LogP contribution in [0.15, 0.2) is 0 Å². The quantitative estimate of drug-likeness (QED) is 0.692. The van der Waals surface area contributed by atoms with Gasteiger partial charge in [0.2, 0.25) is 0 Å². The Hall–Kier alpha value is -0.530. The van der Waals surface area contributed by atoms with Gasteiger partial charge < -0.3 is 4.74 Å². The first-order valence-electron chi connectivity index (χ1n) is 7.37. The highest BCUT2D eigenvalue weighted by Crippen LogP contribution is 2.48. The number of hydrogen-bond acceptors (Lipinski definition) is 2. The van der Waals surface area contributed by atoms with E-state index in [0.717, 1.165) is 18.8 Å². The zero-order valence-electron chi connectivity index (χ0n) is 11.3. The molecular weight excluding hydrogens is 212 g/mol. The van der Waals surface area contributed by atoms with E-state index in [0.29, 0.717) is 5.92 Å². The lowest BCUT2D eigenvalue weighted by Gasteiger charge is -2.40. The Balaban J connectivity index is 2.10. The van der Waals surface area contributed by atoms with Crippen molar-refractivity contribution in [1.82, 2.24) is 0 Å². The van der Waals surface area contributed by atoms with E-state index in [4.69, 9.17) is 4.74 Å². The Morgan fingerprint density at radius 1 is 1.18 bits per heavy atom. The van der Waals surface area contributed by atoms with Crippen LogP contribution < -0.4 is 0 Å². The number of carbonyl (C=O) groups is 1. The third-order valence-electron chi connectivity index (χ3n) is 4.96. The Morgan fingerprint density at radius 2 is 1.88 bits per heavy atom. The minimum Gasteiger partial charge on any atom is -0.459 e. The van der Waals surface area contributed by atoms with Crippen LogP contribution in [-0.2, 0) is 9.53 Å². The van der Waals surface area contributed by atoms with E-state index in [1.54, 1.807) is 6.92 Å². The van der Waals surface area contributed by atoms with Crippen LogP contribution in [0.5, 0.6) is 0 Å². The monoisotopic (exact) mass is 238 g/mol. The Labute approximate surface area is 105 Å². The van der Waals surface area contributed by atoms with Crippen LogP contribution in [0.2, 0.25) is 0 Å². The number of esters is 1. The molecule has 0 aromatic heterocycles. The van der Waals surface area contributed by atoms with Gasteiger partial charge in [0.05, 0.1) is 0 Å². The smallest absolute Gasteiger partial charge is 0.303 e. The Bertz CT molecular complexity index is 268. The molecule has 0 heterocycles. The summed E-state index contributed by atoms with van der Waals surface area (Å²) in [4.78, 5) is 11.4. The van der Waals surface area contributed by atoms with Gasteiger partial charge in [-0.2, -0.15) is 0 Å². The van der Waals surface area contributed by atoms with E-state index >= 15 is 0 Å². The van der Waals surface area contributed by atoms with E-state index in [2.05, 4.69) is 6.92 Å². The predicted octanol–water partition coefficient (Wildman–Crippen LogP) is 4.08. The molecule has 98 valence electrons. The average molecular weight is 238 g/mol. The molecule has 2 nitrogen and oxygen atoms in total. The number of rotatable bonds is 3. The van der Waals surface area contributed by atoms with Crippen molar-refractivity contribution in [2.24, 2.45) is 11.8 Å². The third-order valence-corrected chi connectivity index (χ3v) is 4.96. The first kappa shape index (κ1) is 12.9. The second-order valence-electron chi connectivity index (χ2n) is 5.91. The van der Waals surface area contributed by atoms with Gasteiger partial charge >= 0.3 is 5.97 Å². The summed E-state index contributed by atoms with van der Waals surface area (Å²) in [6, 6.07) is 0. The lowest BCUT2D eigenvalue weighted by Crippen LogP contribution is -2.41. The first-order valence-corrected chi connectivity index (χ1v) is 7.37. The maximum Gasteiger partial charge on any atom is 0.303 e. The second kappa shape index (κ2) is 5.41. The minimum atomic E-state index is -0.117. The molecule has 2 rings (SSSR count). The van der Waals surface area contributed by atoms with Crippen molar-refractivity contribution in [1.29, 1.82) is 0 Å². The van der Waals surface area contributed by atoms with Gasteiger partial charge in [0.15, 0.2) is 0 Å². The SMILES string of the molecule is CCC1(OC(C)=O)CCCC1C1CCCCC1. The lowest BCUT2D eigenvalue weighted by molar-refractivity contribution is -0.164. The van der Waals surface area contributed by atoms with Crippen molar-refractivity contribution in [3.63, 3.8) is 0 Å². The molecule has 2 fully saturated rings. The number of hydrogen-bond donors (Lipinski definition) is 0. The molecule has 17 heavy (non-hydrogen) atoms. The van der Waals surface area contributed by atoms with Gasteiger partial charge in [0.1, 0.15) is 5.60 Å². The number of carbonyl (C=O) groups excluding carboxylic acids is 1. The molecule has 0 amide bonds. The summed E-state index contributed by atoms with van der Waals surface area (Å²) in [5, 5.41) is 0. The van der Waals surface area contributed by atoms with Crippen LogP contribution in [0.1, 0.15) is 71.6 Å². The topological polar surface area (TPSA) is 26.3 Å². The molecule has 2 saturated carbocycles. The van der Waals surface area contributed by atoms with Crippen LogP contribution in [0.4, 0.5) is 0 Å². The predicted molar refractivity (Wildman–Crippen MR) is 68.7 cm³/mol. The summed E-state index contributed by atoms with van der Waals surface area (Å²) < 4.78 is 5.77. The zero-order chi connectivity index (χ0) is 12.3. The summed E-state index contributed by atoms with van der Waals surface area (Å²) in [6.07, 6.45) is 11.4. The van der Waals surface area contributed by atoms with E-state index in [9.17, 15) is 4.79 Å².